The number of rotatable bonds is 6. The second kappa shape index (κ2) is 8.16. The van der Waals surface area contributed by atoms with E-state index in [0.29, 0.717) is 0 Å². The van der Waals surface area contributed by atoms with Crippen molar-refractivity contribution in [2.75, 3.05) is 0 Å². The summed E-state index contributed by atoms with van der Waals surface area (Å²) < 4.78 is 5.10. The van der Waals surface area contributed by atoms with Gasteiger partial charge in [-0.1, -0.05) is 72.8 Å². The molecule has 0 aliphatic carbocycles. The summed E-state index contributed by atoms with van der Waals surface area (Å²) in [6.07, 6.45) is -0.567. The normalized spacial score (nSPS) is 11.7. The summed E-state index contributed by atoms with van der Waals surface area (Å²) in [5, 5.41) is 13.9. The molecule has 1 unspecified atom stereocenters. The van der Waals surface area contributed by atoms with Gasteiger partial charge in [-0.15, -0.1) is 0 Å². The summed E-state index contributed by atoms with van der Waals surface area (Å²) in [4.78, 5) is 23.4. The number of carboxylic acid groups (broad SMARTS) is 1. The van der Waals surface area contributed by atoms with Crippen molar-refractivity contribution in [2.24, 2.45) is 0 Å². The largest absolute Gasteiger partial charge is 0.480 e. The fourth-order valence-corrected chi connectivity index (χ4v) is 2.71. The Morgan fingerprint density at radius 3 is 2.31 bits per heavy atom. The van der Waals surface area contributed by atoms with E-state index in [-0.39, 0.29) is 13.0 Å². The number of carboxylic acids is 1. The number of aliphatic carboxylic acids is 1. The fourth-order valence-electron chi connectivity index (χ4n) is 2.71. The van der Waals surface area contributed by atoms with E-state index in [1.165, 1.54) is 0 Å². The third-order valence-corrected chi connectivity index (χ3v) is 4.06. The quantitative estimate of drug-likeness (QED) is 0.710. The standard InChI is InChI=1S/C21H19NO4/c23-20(24)19(22-21(25)26-14-15-6-2-1-3-7-15)13-16-10-11-17-8-4-5-9-18(17)12-16/h1-12,19H,13-14H2,(H,22,25)(H,23,24). The van der Waals surface area contributed by atoms with E-state index in [1.807, 2.05) is 72.8 Å². The van der Waals surface area contributed by atoms with Crippen molar-refractivity contribution in [1.82, 2.24) is 5.32 Å². The molecule has 3 rings (SSSR count). The van der Waals surface area contributed by atoms with E-state index < -0.39 is 18.1 Å². The van der Waals surface area contributed by atoms with Crippen LogP contribution in [0.5, 0.6) is 0 Å². The number of ether oxygens (including phenoxy) is 1. The van der Waals surface area contributed by atoms with Crippen molar-refractivity contribution in [2.45, 2.75) is 19.1 Å². The maximum Gasteiger partial charge on any atom is 0.408 e. The van der Waals surface area contributed by atoms with Gasteiger partial charge in [-0.25, -0.2) is 9.59 Å². The van der Waals surface area contributed by atoms with Crippen molar-refractivity contribution < 1.29 is 19.4 Å². The van der Waals surface area contributed by atoms with Gasteiger partial charge >= 0.3 is 12.1 Å². The van der Waals surface area contributed by atoms with Crippen molar-refractivity contribution in [3.63, 3.8) is 0 Å². The van der Waals surface area contributed by atoms with Gasteiger partial charge in [0.1, 0.15) is 12.6 Å². The average molecular weight is 349 g/mol. The zero-order valence-electron chi connectivity index (χ0n) is 14.1. The predicted octanol–water partition coefficient (Wildman–Crippen LogP) is 3.76. The molecule has 0 aromatic heterocycles. The first-order valence-electron chi connectivity index (χ1n) is 8.29. The Bertz CT molecular complexity index is 908. The number of fused-ring (bicyclic) bond motifs is 1. The number of hydrogen-bond donors (Lipinski definition) is 2. The maximum atomic E-state index is 11.9. The Morgan fingerprint density at radius 1 is 0.885 bits per heavy atom. The lowest BCUT2D eigenvalue weighted by Crippen LogP contribution is -2.42. The van der Waals surface area contributed by atoms with Gasteiger partial charge in [-0.2, -0.15) is 0 Å². The Kier molecular flexibility index (Phi) is 5.49. The summed E-state index contributed by atoms with van der Waals surface area (Å²) >= 11 is 0. The highest BCUT2D eigenvalue weighted by Crippen LogP contribution is 2.17. The second-order valence-corrected chi connectivity index (χ2v) is 5.98. The van der Waals surface area contributed by atoms with Crippen LogP contribution in [0.4, 0.5) is 4.79 Å². The molecule has 5 nitrogen and oxygen atoms in total. The third kappa shape index (κ3) is 4.60. The van der Waals surface area contributed by atoms with Crippen LogP contribution in [0.2, 0.25) is 0 Å². The summed E-state index contributed by atoms with van der Waals surface area (Å²) in [7, 11) is 0. The number of amides is 1. The molecular weight excluding hydrogens is 330 g/mol. The molecule has 0 bridgehead atoms. The highest BCUT2D eigenvalue weighted by molar-refractivity contribution is 5.84. The first-order valence-corrected chi connectivity index (χ1v) is 8.29. The zero-order chi connectivity index (χ0) is 18.4. The van der Waals surface area contributed by atoms with E-state index in [9.17, 15) is 14.7 Å². The summed E-state index contributed by atoms with van der Waals surface area (Å²) in [5.41, 5.74) is 1.67. The number of alkyl carbamates (subject to hydrolysis) is 1. The minimum atomic E-state index is -1.10. The summed E-state index contributed by atoms with van der Waals surface area (Å²) in [5.74, 6) is -1.10. The minimum absolute atomic E-state index is 0.0922. The highest BCUT2D eigenvalue weighted by atomic mass is 16.5. The van der Waals surface area contributed by atoms with Gasteiger partial charge in [0.05, 0.1) is 0 Å². The van der Waals surface area contributed by atoms with E-state index in [4.69, 9.17) is 4.74 Å². The van der Waals surface area contributed by atoms with E-state index in [2.05, 4.69) is 5.32 Å². The minimum Gasteiger partial charge on any atom is -0.480 e. The molecule has 132 valence electrons. The maximum absolute atomic E-state index is 11.9. The highest BCUT2D eigenvalue weighted by Gasteiger charge is 2.21. The molecule has 3 aromatic carbocycles. The number of carbonyl (C=O) groups is 2. The van der Waals surface area contributed by atoms with Crippen molar-refractivity contribution in [1.29, 1.82) is 0 Å². The Morgan fingerprint density at radius 2 is 1.58 bits per heavy atom. The Balaban J connectivity index is 1.62. The second-order valence-electron chi connectivity index (χ2n) is 5.98. The number of nitrogens with one attached hydrogen (secondary N) is 1. The molecular formula is C21H19NO4. The first kappa shape index (κ1) is 17.5. The lowest BCUT2D eigenvalue weighted by atomic mass is 10.0. The van der Waals surface area contributed by atoms with Crippen LogP contribution in [0.25, 0.3) is 10.8 Å². The van der Waals surface area contributed by atoms with Gasteiger partial charge in [-0.05, 0) is 21.9 Å². The SMILES string of the molecule is O=C(NC(Cc1ccc2ccccc2c1)C(=O)O)OCc1ccccc1. The monoisotopic (exact) mass is 349 g/mol. The summed E-state index contributed by atoms with van der Waals surface area (Å²) in [6, 6.07) is 21.7. The van der Waals surface area contributed by atoms with Gasteiger partial charge in [0, 0.05) is 6.42 Å². The molecule has 26 heavy (non-hydrogen) atoms. The molecule has 3 aromatic rings. The van der Waals surface area contributed by atoms with Crippen LogP contribution in [0.15, 0.2) is 72.8 Å². The van der Waals surface area contributed by atoms with Crippen LogP contribution in [0.3, 0.4) is 0 Å². The van der Waals surface area contributed by atoms with Crippen molar-refractivity contribution in [3.8, 4) is 0 Å². The molecule has 1 amide bonds. The lowest BCUT2D eigenvalue weighted by molar-refractivity contribution is -0.139. The van der Waals surface area contributed by atoms with Gasteiger partial charge in [-0.3, -0.25) is 0 Å². The van der Waals surface area contributed by atoms with Crippen LogP contribution >= 0.6 is 0 Å². The first-order chi connectivity index (χ1) is 12.6. The third-order valence-electron chi connectivity index (χ3n) is 4.06. The van der Waals surface area contributed by atoms with Crippen molar-refractivity contribution >= 4 is 22.8 Å². The molecule has 0 aliphatic heterocycles. The average Bonchev–Trinajstić information content (AvgIpc) is 2.66. The van der Waals surface area contributed by atoms with Crippen LogP contribution in [0.1, 0.15) is 11.1 Å². The van der Waals surface area contributed by atoms with Crippen LogP contribution in [0, 0.1) is 0 Å². The van der Waals surface area contributed by atoms with E-state index in [1.54, 1.807) is 0 Å². The van der Waals surface area contributed by atoms with Gasteiger partial charge in [0.15, 0.2) is 0 Å². The predicted molar refractivity (Wildman–Crippen MR) is 98.8 cm³/mol. The fraction of sp³-hybridized carbons (Fsp3) is 0.143. The zero-order valence-corrected chi connectivity index (χ0v) is 14.1. The Hall–Kier alpha value is -3.34. The molecule has 0 spiro atoms. The van der Waals surface area contributed by atoms with Gasteiger partial charge in [0.25, 0.3) is 0 Å². The van der Waals surface area contributed by atoms with E-state index >= 15 is 0 Å². The lowest BCUT2D eigenvalue weighted by Gasteiger charge is -2.15. The molecule has 5 heteroatoms. The molecule has 0 heterocycles. The van der Waals surface area contributed by atoms with Crippen LogP contribution < -0.4 is 5.32 Å². The number of benzene rings is 3. The van der Waals surface area contributed by atoms with Crippen molar-refractivity contribution in [3.05, 3.63) is 83.9 Å². The Labute approximate surface area is 151 Å². The smallest absolute Gasteiger partial charge is 0.408 e. The molecule has 0 saturated carbocycles. The summed E-state index contributed by atoms with van der Waals surface area (Å²) in [6.45, 7) is 0.0922. The van der Waals surface area contributed by atoms with Gasteiger partial charge in [0.2, 0.25) is 0 Å². The van der Waals surface area contributed by atoms with Crippen LogP contribution in [-0.4, -0.2) is 23.2 Å². The molecule has 0 radical (unpaired) electrons. The van der Waals surface area contributed by atoms with E-state index in [0.717, 1.165) is 21.9 Å². The topological polar surface area (TPSA) is 75.6 Å². The molecule has 1 atom stereocenters. The number of hydrogen-bond acceptors (Lipinski definition) is 3. The molecule has 0 aliphatic rings. The molecule has 0 saturated heterocycles. The number of carbonyl (C=O) groups excluding carboxylic acids is 1. The van der Waals surface area contributed by atoms with Gasteiger partial charge < -0.3 is 15.2 Å². The molecule has 2 N–H and O–H groups in total. The van der Waals surface area contributed by atoms with Crippen LogP contribution in [-0.2, 0) is 22.6 Å². The molecule has 0 fully saturated rings.